The Balaban J connectivity index is 3.30. The molecule has 0 amide bonds. The lowest BCUT2D eigenvalue weighted by Crippen LogP contribution is -2.21. The van der Waals surface area contributed by atoms with Crippen LogP contribution < -0.4 is 9.64 Å². The van der Waals surface area contributed by atoms with Crippen LogP contribution in [0.15, 0.2) is 18.2 Å². The van der Waals surface area contributed by atoms with Crippen LogP contribution in [0.3, 0.4) is 0 Å². The molecule has 1 aromatic carbocycles. The molecule has 0 aromatic heterocycles. The smallest absolute Gasteiger partial charge is 0.404 e. The molecular formula is C10H9ClF3NO2. The maximum Gasteiger partial charge on any atom is 0.573 e. The van der Waals surface area contributed by atoms with Crippen molar-refractivity contribution in [3.63, 3.8) is 0 Å². The highest BCUT2D eigenvalue weighted by atomic mass is 35.5. The van der Waals surface area contributed by atoms with Gasteiger partial charge in [-0.25, -0.2) is 0 Å². The average Bonchev–Trinajstić information content (AvgIpc) is 2.14. The van der Waals surface area contributed by atoms with Crippen LogP contribution in [0, 0.1) is 0 Å². The molecule has 0 aliphatic rings. The largest absolute Gasteiger partial charge is 0.573 e. The number of ether oxygens (including phenoxy) is 1. The predicted molar refractivity (Wildman–Crippen MR) is 57.6 cm³/mol. The molecular weight excluding hydrogens is 259 g/mol. The lowest BCUT2D eigenvalue weighted by molar-refractivity contribution is -0.274. The van der Waals surface area contributed by atoms with Gasteiger partial charge in [0, 0.05) is 14.1 Å². The van der Waals surface area contributed by atoms with E-state index < -0.39 is 17.4 Å². The van der Waals surface area contributed by atoms with Gasteiger partial charge in [-0.05, 0) is 23.7 Å². The van der Waals surface area contributed by atoms with E-state index in [2.05, 4.69) is 4.74 Å². The van der Waals surface area contributed by atoms with E-state index in [4.69, 9.17) is 11.6 Å². The van der Waals surface area contributed by atoms with Gasteiger partial charge in [-0.15, -0.1) is 13.2 Å². The van der Waals surface area contributed by atoms with Crippen LogP contribution in [0.1, 0.15) is 10.4 Å². The summed E-state index contributed by atoms with van der Waals surface area (Å²) in [6, 6.07) is 3.71. The van der Waals surface area contributed by atoms with Crippen molar-refractivity contribution in [2.45, 2.75) is 6.36 Å². The first kappa shape index (κ1) is 13.6. The molecule has 1 aromatic rings. The minimum absolute atomic E-state index is 0.00942. The molecule has 0 N–H and O–H groups in total. The van der Waals surface area contributed by atoms with Crippen LogP contribution in [0.2, 0.25) is 0 Å². The van der Waals surface area contributed by atoms with E-state index in [0.717, 1.165) is 6.07 Å². The fourth-order valence-corrected chi connectivity index (χ4v) is 1.50. The number of rotatable bonds is 3. The standard InChI is InChI=1S/C10H9ClF3NO2/c1-15(2)8-6(9(11)16)4-3-5-7(8)17-10(12,13)14/h3-5H,1-2H3. The molecule has 0 fully saturated rings. The van der Waals surface area contributed by atoms with Gasteiger partial charge in [0.15, 0.2) is 5.75 Å². The molecule has 7 heteroatoms. The van der Waals surface area contributed by atoms with Gasteiger partial charge < -0.3 is 9.64 Å². The van der Waals surface area contributed by atoms with Crippen LogP contribution in [0.4, 0.5) is 18.9 Å². The molecule has 0 heterocycles. The first-order valence-corrected chi connectivity index (χ1v) is 4.86. The van der Waals surface area contributed by atoms with Crippen LogP contribution in [-0.4, -0.2) is 25.7 Å². The van der Waals surface area contributed by atoms with Gasteiger partial charge in [0.2, 0.25) is 0 Å². The van der Waals surface area contributed by atoms with Gasteiger partial charge >= 0.3 is 6.36 Å². The van der Waals surface area contributed by atoms with Gasteiger partial charge in [0.25, 0.3) is 5.24 Å². The van der Waals surface area contributed by atoms with Crippen molar-refractivity contribution in [1.29, 1.82) is 0 Å². The maximum absolute atomic E-state index is 12.2. The molecule has 3 nitrogen and oxygen atoms in total. The zero-order valence-corrected chi connectivity index (χ0v) is 9.76. The Kier molecular flexibility index (Phi) is 3.87. The number of nitrogens with zero attached hydrogens (tertiary/aromatic N) is 1. The SMILES string of the molecule is CN(C)c1c(OC(F)(F)F)cccc1C(=O)Cl. The molecule has 0 unspecified atom stereocenters. The first-order valence-electron chi connectivity index (χ1n) is 4.48. The predicted octanol–water partition coefficient (Wildman–Crippen LogP) is 3.03. The molecule has 1 rings (SSSR count). The summed E-state index contributed by atoms with van der Waals surface area (Å²) in [5, 5.41) is -0.846. The second kappa shape index (κ2) is 4.83. The van der Waals surface area contributed by atoms with E-state index in [1.807, 2.05) is 0 Å². The van der Waals surface area contributed by atoms with Crippen LogP contribution in [0.25, 0.3) is 0 Å². The summed E-state index contributed by atoms with van der Waals surface area (Å²) < 4.78 is 40.3. The lowest BCUT2D eigenvalue weighted by Gasteiger charge is -2.20. The molecule has 0 aliphatic heterocycles. The van der Waals surface area contributed by atoms with E-state index in [1.165, 1.54) is 31.1 Å². The summed E-state index contributed by atoms with van der Waals surface area (Å²) in [5.74, 6) is -0.464. The molecule has 0 radical (unpaired) electrons. The summed E-state index contributed by atoms with van der Waals surface area (Å²) in [6.07, 6.45) is -4.82. The Morgan fingerprint density at radius 3 is 2.35 bits per heavy atom. The van der Waals surface area contributed by atoms with Crippen molar-refractivity contribution in [3.8, 4) is 5.75 Å². The van der Waals surface area contributed by atoms with E-state index in [-0.39, 0.29) is 11.3 Å². The summed E-state index contributed by atoms with van der Waals surface area (Å²) in [4.78, 5) is 12.4. The number of hydrogen-bond donors (Lipinski definition) is 0. The average molecular weight is 268 g/mol. The third-order valence-electron chi connectivity index (χ3n) is 1.88. The van der Waals surface area contributed by atoms with Gasteiger partial charge in [-0.1, -0.05) is 6.07 Å². The second-order valence-corrected chi connectivity index (χ2v) is 3.71. The highest BCUT2D eigenvalue weighted by Gasteiger charge is 2.33. The van der Waals surface area contributed by atoms with Crippen LogP contribution in [-0.2, 0) is 0 Å². The highest BCUT2D eigenvalue weighted by Crippen LogP contribution is 2.35. The number of para-hydroxylation sites is 1. The number of benzene rings is 1. The monoisotopic (exact) mass is 267 g/mol. The number of halogens is 4. The van der Waals surface area contributed by atoms with Crippen molar-refractivity contribution in [2.24, 2.45) is 0 Å². The van der Waals surface area contributed by atoms with Gasteiger partial charge in [0.05, 0.1) is 11.3 Å². The fourth-order valence-electron chi connectivity index (χ4n) is 1.35. The summed E-state index contributed by atoms with van der Waals surface area (Å²) in [5.41, 5.74) is -0.0526. The third-order valence-corrected chi connectivity index (χ3v) is 2.09. The van der Waals surface area contributed by atoms with Gasteiger partial charge in [-0.3, -0.25) is 4.79 Å². The number of carbonyl (C=O) groups excluding carboxylic acids is 1. The molecule has 0 saturated carbocycles. The first-order chi connectivity index (χ1) is 7.72. The number of hydrogen-bond acceptors (Lipinski definition) is 3. The lowest BCUT2D eigenvalue weighted by atomic mass is 10.1. The van der Waals surface area contributed by atoms with Gasteiger partial charge in [-0.2, -0.15) is 0 Å². The summed E-state index contributed by atoms with van der Waals surface area (Å²) in [6.45, 7) is 0. The molecule has 0 atom stereocenters. The van der Waals surface area contributed by atoms with Crippen molar-refractivity contribution in [1.82, 2.24) is 0 Å². The molecule has 0 spiro atoms. The van der Waals surface area contributed by atoms with E-state index in [9.17, 15) is 18.0 Å². The molecule has 94 valence electrons. The Hall–Kier alpha value is -1.43. The Labute approximate surface area is 101 Å². The molecule has 0 bridgehead atoms. The molecule has 0 aliphatic carbocycles. The maximum atomic E-state index is 12.2. The Morgan fingerprint density at radius 1 is 1.35 bits per heavy atom. The normalized spacial score (nSPS) is 11.2. The minimum atomic E-state index is -4.82. The zero-order chi connectivity index (χ0) is 13.2. The molecule has 17 heavy (non-hydrogen) atoms. The van der Waals surface area contributed by atoms with Crippen molar-refractivity contribution >= 4 is 22.5 Å². The Bertz CT molecular complexity index is 432. The van der Waals surface area contributed by atoms with Crippen LogP contribution >= 0.6 is 11.6 Å². The number of anilines is 1. The van der Waals surface area contributed by atoms with Crippen molar-refractivity contribution in [3.05, 3.63) is 23.8 Å². The van der Waals surface area contributed by atoms with Crippen LogP contribution in [0.5, 0.6) is 5.75 Å². The highest BCUT2D eigenvalue weighted by molar-refractivity contribution is 6.68. The van der Waals surface area contributed by atoms with E-state index >= 15 is 0 Å². The van der Waals surface area contributed by atoms with E-state index in [0.29, 0.717) is 0 Å². The van der Waals surface area contributed by atoms with E-state index in [1.54, 1.807) is 0 Å². The van der Waals surface area contributed by atoms with Crippen molar-refractivity contribution < 1.29 is 22.7 Å². The Morgan fingerprint density at radius 2 is 1.94 bits per heavy atom. The topological polar surface area (TPSA) is 29.5 Å². The quantitative estimate of drug-likeness (QED) is 0.789. The minimum Gasteiger partial charge on any atom is -0.404 e. The third kappa shape index (κ3) is 3.52. The molecule has 0 saturated heterocycles. The summed E-state index contributed by atoms with van der Waals surface area (Å²) in [7, 11) is 2.98. The number of carbonyl (C=O) groups is 1. The second-order valence-electron chi connectivity index (χ2n) is 3.37. The summed E-state index contributed by atoms with van der Waals surface area (Å²) >= 11 is 5.29. The van der Waals surface area contributed by atoms with Gasteiger partial charge in [0.1, 0.15) is 0 Å². The van der Waals surface area contributed by atoms with Crippen molar-refractivity contribution in [2.75, 3.05) is 19.0 Å². The fraction of sp³-hybridized carbons (Fsp3) is 0.300. The zero-order valence-electron chi connectivity index (χ0n) is 9.01. The number of alkyl halides is 3.